The van der Waals surface area contributed by atoms with Gasteiger partial charge in [-0.15, -0.1) is 0 Å². The normalized spacial score (nSPS) is 18.5. The number of hydrogen-bond donors (Lipinski definition) is 1. The lowest BCUT2D eigenvalue weighted by Crippen LogP contribution is -2.27. The highest BCUT2D eigenvalue weighted by Gasteiger charge is 2.21. The van der Waals surface area contributed by atoms with E-state index < -0.39 is 0 Å². The maximum atomic E-state index is 4.68. The van der Waals surface area contributed by atoms with Gasteiger partial charge >= 0.3 is 0 Å². The van der Waals surface area contributed by atoms with E-state index in [4.69, 9.17) is 0 Å². The van der Waals surface area contributed by atoms with Gasteiger partial charge in [0, 0.05) is 50.7 Å². The summed E-state index contributed by atoms with van der Waals surface area (Å²) >= 11 is 0. The van der Waals surface area contributed by atoms with Crippen molar-refractivity contribution in [3.8, 4) is 0 Å². The van der Waals surface area contributed by atoms with E-state index in [1.807, 2.05) is 0 Å². The van der Waals surface area contributed by atoms with Crippen LogP contribution in [0.25, 0.3) is 0 Å². The van der Waals surface area contributed by atoms with Gasteiger partial charge in [0.1, 0.15) is 5.82 Å². The second-order valence-corrected chi connectivity index (χ2v) is 5.51. The Labute approximate surface area is 114 Å². The van der Waals surface area contributed by atoms with E-state index in [0.29, 0.717) is 5.92 Å². The van der Waals surface area contributed by atoms with Crippen molar-refractivity contribution in [1.82, 2.24) is 19.4 Å². The van der Waals surface area contributed by atoms with Crippen LogP contribution in [0.5, 0.6) is 0 Å². The van der Waals surface area contributed by atoms with Crippen LogP contribution in [0.2, 0.25) is 0 Å². The smallest absolute Gasteiger partial charge is 0.113 e. The summed E-state index contributed by atoms with van der Waals surface area (Å²) in [6, 6.07) is 4.26. The average molecular weight is 258 g/mol. The summed E-state index contributed by atoms with van der Waals surface area (Å²) in [6.07, 6.45) is 6.78. The lowest BCUT2D eigenvalue weighted by Gasteiger charge is -2.23. The second-order valence-electron chi connectivity index (χ2n) is 5.51. The van der Waals surface area contributed by atoms with Gasteiger partial charge in [-0.3, -0.25) is 0 Å². The van der Waals surface area contributed by atoms with Crippen molar-refractivity contribution in [3.05, 3.63) is 41.7 Å². The van der Waals surface area contributed by atoms with Gasteiger partial charge in [-0.1, -0.05) is 0 Å². The molecule has 0 spiro atoms. The molecule has 0 unspecified atom stereocenters. The summed E-state index contributed by atoms with van der Waals surface area (Å²) in [6.45, 7) is 5.16. The quantitative estimate of drug-likeness (QED) is 0.912. The molecule has 1 aliphatic heterocycles. The Morgan fingerprint density at radius 3 is 3.16 bits per heavy atom. The van der Waals surface area contributed by atoms with Crippen molar-refractivity contribution in [2.24, 2.45) is 7.05 Å². The monoisotopic (exact) mass is 258 g/mol. The highest BCUT2D eigenvalue weighted by molar-refractivity contribution is 5.10. The molecule has 0 fully saturated rings. The van der Waals surface area contributed by atoms with Crippen LogP contribution in [0, 0.1) is 6.92 Å². The third-order valence-corrected chi connectivity index (χ3v) is 3.99. The lowest BCUT2D eigenvalue weighted by molar-refractivity contribution is 0.421. The zero-order chi connectivity index (χ0) is 13.2. The lowest BCUT2D eigenvalue weighted by atomic mass is 9.99. The molecule has 2 aromatic heterocycles. The maximum absolute atomic E-state index is 4.68. The number of imidazole rings is 1. The van der Waals surface area contributed by atoms with Crippen molar-refractivity contribution < 1.29 is 0 Å². The van der Waals surface area contributed by atoms with Crippen LogP contribution in [0.1, 0.15) is 36.0 Å². The zero-order valence-corrected chi connectivity index (χ0v) is 11.8. The van der Waals surface area contributed by atoms with Crippen molar-refractivity contribution >= 4 is 0 Å². The van der Waals surface area contributed by atoms with E-state index in [1.54, 1.807) is 0 Å². The minimum Gasteiger partial charge on any atom is -0.353 e. The first-order chi connectivity index (χ1) is 9.24. The molecule has 2 aromatic rings. The molecule has 0 saturated heterocycles. The number of rotatable bonds is 4. The predicted molar refractivity (Wildman–Crippen MR) is 76.1 cm³/mol. The Bertz CT molecular complexity index is 552. The van der Waals surface area contributed by atoms with Crippen molar-refractivity contribution in [1.29, 1.82) is 0 Å². The SMILES string of the molecule is Cc1cn2c(n1)[C@H](CNCc1cccn1C)CCC2. The molecule has 3 rings (SSSR count). The Morgan fingerprint density at radius 1 is 1.47 bits per heavy atom. The molecule has 0 radical (unpaired) electrons. The fourth-order valence-corrected chi connectivity index (χ4v) is 2.96. The van der Waals surface area contributed by atoms with E-state index >= 15 is 0 Å². The predicted octanol–water partition coefficient (Wildman–Crippen LogP) is 2.20. The van der Waals surface area contributed by atoms with E-state index in [9.17, 15) is 0 Å². The van der Waals surface area contributed by atoms with Gasteiger partial charge in [0.15, 0.2) is 0 Å². The number of nitrogens with one attached hydrogen (secondary N) is 1. The van der Waals surface area contributed by atoms with E-state index in [-0.39, 0.29) is 0 Å². The van der Waals surface area contributed by atoms with E-state index in [1.165, 1.54) is 24.4 Å². The minimum absolute atomic E-state index is 0.558. The topological polar surface area (TPSA) is 34.8 Å². The fourth-order valence-electron chi connectivity index (χ4n) is 2.96. The van der Waals surface area contributed by atoms with Crippen LogP contribution in [0.3, 0.4) is 0 Å². The molecule has 1 N–H and O–H groups in total. The third kappa shape index (κ3) is 2.59. The molecule has 0 bridgehead atoms. The van der Waals surface area contributed by atoms with Crippen LogP contribution in [0.15, 0.2) is 24.5 Å². The number of aromatic nitrogens is 3. The third-order valence-electron chi connectivity index (χ3n) is 3.99. The molecule has 1 aliphatic rings. The molecule has 4 nitrogen and oxygen atoms in total. The molecule has 102 valence electrons. The van der Waals surface area contributed by atoms with Gasteiger partial charge in [-0.25, -0.2) is 4.98 Å². The first kappa shape index (κ1) is 12.5. The van der Waals surface area contributed by atoms with Gasteiger partial charge < -0.3 is 14.5 Å². The van der Waals surface area contributed by atoms with Gasteiger partial charge in [-0.2, -0.15) is 0 Å². The van der Waals surface area contributed by atoms with Crippen LogP contribution in [-0.4, -0.2) is 20.7 Å². The molecular formula is C15H22N4. The maximum Gasteiger partial charge on any atom is 0.113 e. The van der Waals surface area contributed by atoms with Crippen LogP contribution >= 0.6 is 0 Å². The van der Waals surface area contributed by atoms with Crippen molar-refractivity contribution in [3.63, 3.8) is 0 Å². The van der Waals surface area contributed by atoms with Crippen LogP contribution in [-0.2, 0) is 20.1 Å². The molecule has 0 aromatic carbocycles. The molecule has 3 heterocycles. The Morgan fingerprint density at radius 2 is 2.37 bits per heavy atom. The van der Waals surface area contributed by atoms with Gasteiger partial charge in [-0.05, 0) is 31.9 Å². The van der Waals surface area contributed by atoms with Crippen LogP contribution < -0.4 is 5.32 Å². The summed E-state index contributed by atoms with van der Waals surface area (Å²) in [5.41, 5.74) is 2.47. The summed E-state index contributed by atoms with van der Waals surface area (Å²) in [7, 11) is 2.09. The summed E-state index contributed by atoms with van der Waals surface area (Å²) in [5.74, 6) is 1.82. The van der Waals surface area contributed by atoms with E-state index in [0.717, 1.165) is 25.3 Å². The van der Waals surface area contributed by atoms with E-state index in [2.05, 4.69) is 57.9 Å². The average Bonchev–Trinajstić information content (AvgIpc) is 2.95. The van der Waals surface area contributed by atoms with Crippen molar-refractivity contribution in [2.45, 2.75) is 38.8 Å². The highest BCUT2D eigenvalue weighted by Crippen LogP contribution is 2.26. The Balaban J connectivity index is 1.60. The molecule has 19 heavy (non-hydrogen) atoms. The highest BCUT2D eigenvalue weighted by atomic mass is 15.1. The van der Waals surface area contributed by atoms with Crippen molar-refractivity contribution in [2.75, 3.05) is 6.54 Å². The zero-order valence-electron chi connectivity index (χ0n) is 11.8. The molecule has 0 saturated carbocycles. The van der Waals surface area contributed by atoms with Gasteiger partial charge in [0.25, 0.3) is 0 Å². The number of fused-ring (bicyclic) bond motifs is 1. The summed E-state index contributed by atoms with van der Waals surface area (Å²) < 4.78 is 4.49. The molecule has 0 amide bonds. The standard InChI is InChI=1S/C15H22N4/c1-12-11-19-8-3-5-13(15(19)17-12)9-16-10-14-6-4-7-18(14)2/h4,6-7,11,13,16H,3,5,8-10H2,1-2H3/t13-/m0/s1. The number of aryl methyl sites for hydroxylation is 3. The first-order valence-corrected chi connectivity index (χ1v) is 7.08. The Hall–Kier alpha value is -1.55. The largest absolute Gasteiger partial charge is 0.353 e. The molecule has 0 aliphatic carbocycles. The second kappa shape index (κ2) is 5.21. The Kier molecular flexibility index (Phi) is 3.42. The van der Waals surface area contributed by atoms with Crippen LogP contribution in [0.4, 0.5) is 0 Å². The summed E-state index contributed by atoms with van der Waals surface area (Å²) in [4.78, 5) is 4.68. The first-order valence-electron chi connectivity index (χ1n) is 7.08. The van der Waals surface area contributed by atoms with Gasteiger partial charge in [0.05, 0.1) is 5.69 Å². The fraction of sp³-hybridized carbons (Fsp3) is 0.533. The molecule has 1 atom stereocenters. The number of hydrogen-bond acceptors (Lipinski definition) is 2. The van der Waals surface area contributed by atoms with Gasteiger partial charge in [0.2, 0.25) is 0 Å². The minimum atomic E-state index is 0.558. The molecule has 4 heteroatoms. The number of nitrogens with zero attached hydrogens (tertiary/aromatic N) is 3. The molecular weight excluding hydrogens is 236 g/mol. The summed E-state index contributed by atoms with van der Waals surface area (Å²) in [5, 5.41) is 3.57.